The van der Waals surface area contributed by atoms with Crippen molar-refractivity contribution in [1.82, 2.24) is 0 Å². The number of nitrogens with zero attached hydrogens (tertiary/aromatic N) is 1. The van der Waals surface area contributed by atoms with Crippen LogP contribution in [0.25, 0.3) is 0 Å². The number of carboxylic acids is 1. The van der Waals surface area contributed by atoms with Crippen molar-refractivity contribution in [3.05, 3.63) is 29.3 Å². The maximum Gasteiger partial charge on any atom is 0.335 e. The highest BCUT2D eigenvalue weighted by molar-refractivity contribution is 5.88. The number of carbonyl (C=O) groups is 1. The molecule has 0 aliphatic carbocycles. The highest BCUT2D eigenvalue weighted by Crippen LogP contribution is 2.28. The van der Waals surface area contributed by atoms with E-state index in [1.165, 1.54) is 18.5 Å². The highest BCUT2D eigenvalue weighted by atomic mass is 16.4. The third-order valence-corrected chi connectivity index (χ3v) is 3.31. The Morgan fingerprint density at radius 2 is 2.25 bits per heavy atom. The van der Waals surface area contributed by atoms with Crippen LogP contribution in [-0.4, -0.2) is 23.7 Å². The van der Waals surface area contributed by atoms with Gasteiger partial charge in [0.1, 0.15) is 0 Å². The normalized spacial score (nSPS) is 20.1. The Bertz CT molecular complexity index is 414. The molecule has 0 aromatic heterocycles. The van der Waals surface area contributed by atoms with Gasteiger partial charge in [0.05, 0.1) is 5.56 Å². The number of anilines is 1. The summed E-state index contributed by atoms with van der Waals surface area (Å²) in [7, 11) is 0. The molecule has 0 spiro atoms. The average Bonchev–Trinajstić information content (AvgIpc) is 2.64. The van der Waals surface area contributed by atoms with Crippen molar-refractivity contribution in [1.29, 1.82) is 0 Å². The predicted molar refractivity (Wildman–Crippen MR) is 64.2 cm³/mol. The topological polar surface area (TPSA) is 40.5 Å². The summed E-state index contributed by atoms with van der Waals surface area (Å²) in [6.45, 7) is 5.28. The second-order valence-electron chi connectivity index (χ2n) is 4.49. The molecule has 1 aromatic rings. The molecule has 0 amide bonds. The van der Waals surface area contributed by atoms with Gasteiger partial charge in [0.15, 0.2) is 0 Å². The van der Waals surface area contributed by atoms with Crippen LogP contribution in [0.1, 0.15) is 35.7 Å². The van der Waals surface area contributed by atoms with Gasteiger partial charge in [-0.05, 0) is 50.5 Å². The van der Waals surface area contributed by atoms with Crippen LogP contribution in [-0.2, 0) is 0 Å². The number of benzene rings is 1. The average molecular weight is 219 g/mol. The van der Waals surface area contributed by atoms with E-state index >= 15 is 0 Å². The van der Waals surface area contributed by atoms with Crippen LogP contribution in [0.4, 0.5) is 5.69 Å². The standard InChI is InChI=1S/C13H17NO2/c1-9-8-11(13(15)16)5-6-12(9)14-7-3-4-10(14)2/h5-6,8,10H,3-4,7H2,1-2H3,(H,15,16). The van der Waals surface area contributed by atoms with E-state index in [1.54, 1.807) is 12.1 Å². The molecule has 3 heteroatoms. The molecule has 1 fully saturated rings. The van der Waals surface area contributed by atoms with Crippen LogP contribution in [0, 0.1) is 6.92 Å². The second-order valence-corrected chi connectivity index (χ2v) is 4.49. The van der Waals surface area contributed by atoms with Crippen molar-refractivity contribution >= 4 is 11.7 Å². The summed E-state index contributed by atoms with van der Waals surface area (Å²) in [5.74, 6) is -0.857. The molecule has 1 aromatic carbocycles. The molecule has 1 aliphatic rings. The first kappa shape index (κ1) is 11.0. The minimum atomic E-state index is -0.857. The first-order chi connectivity index (χ1) is 7.59. The monoisotopic (exact) mass is 219 g/mol. The van der Waals surface area contributed by atoms with Crippen molar-refractivity contribution in [3.8, 4) is 0 Å². The van der Waals surface area contributed by atoms with Gasteiger partial charge in [-0.3, -0.25) is 0 Å². The lowest BCUT2D eigenvalue weighted by Gasteiger charge is -2.25. The van der Waals surface area contributed by atoms with Crippen molar-refractivity contribution < 1.29 is 9.90 Å². The summed E-state index contributed by atoms with van der Waals surface area (Å²) >= 11 is 0. The number of hydrogen-bond donors (Lipinski definition) is 1. The van der Waals surface area contributed by atoms with Crippen LogP contribution in [0.5, 0.6) is 0 Å². The van der Waals surface area contributed by atoms with E-state index in [1.807, 2.05) is 13.0 Å². The quantitative estimate of drug-likeness (QED) is 0.831. The minimum Gasteiger partial charge on any atom is -0.478 e. The Morgan fingerprint density at radius 1 is 1.50 bits per heavy atom. The van der Waals surface area contributed by atoms with E-state index in [-0.39, 0.29) is 0 Å². The molecule has 1 aliphatic heterocycles. The summed E-state index contributed by atoms with van der Waals surface area (Å²) in [6.07, 6.45) is 2.45. The van der Waals surface area contributed by atoms with E-state index in [2.05, 4.69) is 11.8 Å². The minimum absolute atomic E-state index is 0.369. The zero-order valence-corrected chi connectivity index (χ0v) is 9.73. The summed E-state index contributed by atoms with van der Waals surface area (Å²) in [4.78, 5) is 13.2. The van der Waals surface area contributed by atoms with Gasteiger partial charge in [0, 0.05) is 18.3 Å². The van der Waals surface area contributed by atoms with Crippen molar-refractivity contribution in [2.75, 3.05) is 11.4 Å². The Morgan fingerprint density at radius 3 is 2.75 bits per heavy atom. The zero-order chi connectivity index (χ0) is 11.7. The molecular weight excluding hydrogens is 202 g/mol. The number of hydrogen-bond acceptors (Lipinski definition) is 2. The van der Waals surface area contributed by atoms with Gasteiger partial charge in [-0.25, -0.2) is 4.79 Å². The lowest BCUT2D eigenvalue weighted by molar-refractivity contribution is 0.0697. The fraction of sp³-hybridized carbons (Fsp3) is 0.462. The summed E-state index contributed by atoms with van der Waals surface area (Å²) in [5.41, 5.74) is 2.59. The van der Waals surface area contributed by atoms with Crippen LogP contribution in [0.2, 0.25) is 0 Å². The van der Waals surface area contributed by atoms with Gasteiger partial charge in [-0.2, -0.15) is 0 Å². The zero-order valence-electron chi connectivity index (χ0n) is 9.73. The van der Waals surface area contributed by atoms with Crippen LogP contribution >= 0.6 is 0 Å². The highest BCUT2D eigenvalue weighted by Gasteiger charge is 2.22. The number of carboxylic acid groups (broad SMARTS) is 1. The molecule has 1 heterocycles. The largest absolute Gasteiger partial charge is 0.478 e. The van der Waals surface area contributed by atoms with Crippen molar-refractivity contribution in [2.24, 2.45) is 0 Å². The van der Waals surface area contributed by atoms with Crippen LogP contribution in [0.3, 0.4) is 0 Å². The lowest BCUT2D eigenvalue weighted by atomic mass is 10.1. The van der Waals surface area contributed by atoms with Gasteiger partial charge in [-0.1, -0.05) is 0 Å². The molecule has 0 radical (unpaired) electrons. The smallest absolute Gasteiger partial charge is 0.335 e. The second kappa shape index (κ2) is 4.16. The molecule has 1 saturated heterocycles. The summed E-state index contributed by atoms with van der Waals surface area (Å²) in [5, 5.41) is 8.90. The first-order valence-corrected chi connectivity index (χ1v) is 5.70. The number of rotatable bonds is 2. The van der Waals surface area contributed by atoms with E-state index in [4.69, 9.17) is 5.11 Å². The van der Waals surface area contributed by atoms with Crippen LogP contribution < -0.4 is 4.90 Å². The molecule has 0 saturated carbocycles. The number of aryl methyl sites for hydroxylation is 1. The molecule has 1 unspecified atom stereocenters. The molecule has 16 heavy (non-hydrogen) atoms. The third-order valence-electron chi connectivity index (χ3n) is 3.31. The molecular formula is C13H17NO2. The first-order valence-electron chi connectivity index (χ1n) is 5.70. The maximum absolute atomic E-state index is 10.8. The Labute approximate surface area is 95.7 Å². The SMILES string of the molecule is Cc1cc(C(=O)O)ccc1N1CCCC1C. The number of aromatic carboxylic acids is 1. The molecule has 2 rings (SSSR count). The van der Waals surface area contributed by atoms with Gasteiger partial charge >= 0.3 is 5.97 Å². The summed E-state index contributed by atoms with van der Waals surface area (Å²) < 4.78 is 0. The van der Waals surface area contributed by atoms with Crippen LogP contribution in [0.15, 0.2) is 18.2 Å². The molecule has 0 bridgehead atoms. The Hall–Kier alpha value is -1.51. The maximum atomic E-state index is 10.8. The van der Waals surface area contributed by atoms with E-state index in [0.29, 0.717) is 11.6 Å². The summed E-state index contributed by atoms with van der Waals surface area (Å²) in [6, 6.07) is 5.94. The van der Waals surface area contributed by atoms with E-state index in [9.17, 15) is 4.79 Å². The van der Waals surface area contributed by atoms with E-state index in [0.717, 1.165) is 12.1 Å². The third kappa shape index (κ3) is 1.90. The fourth-order valence-electron chi connectivity index (χ4n) is 2.40. The van der Waals surface area contributed by atoms with Gasteiger partial charge in [0.25, 0.3) is 0 Å². The van der Waals surface area contributed by atoms with Crippen molar-refractivity contribution in [3.63, 3.8) is 0 Å². The van der Waals surface area contributed by atoms with Gasteiger partial charge in [-0.15, -0.1) is 0 Å². The Kier molecular flexibility index (Phi) is 2.86. The molecule has 1 atom stereocenters. The molecule has 86 valence electrons. The molecule has 3 nitrogen and oxygen atoms in total. The molecule has 1 N–H and O–H groups in total. The Balaban J connectivity index is 2.32. The predicted octanol–water partition coefficient (Wildman–Crippen LogP) is 2.68. The lowest BCUT2D eigenvalue weighted by Crippen LogP contribution is -2.27. The van der Waals surface area contributed by atoms with Gasteiger partial charge in [0.2, 0.25) is 0 Å². The van der Waals surface area contributed by atoms with Crippen molar-refractivity contribution in [2.45, 2.75) is 32.7 Å². The van der Waals surface area contributed by atoms with E-state index < -0.39 is 5.97 Å². The van der Waals surface area contributed by atoms with Gasteiger partial charge < -0.3 is 10.0 Å². The fourth-order valence-corrected chi connectivity index (χ4v) is 2.40.